The highest BCUT2D eigenvalue weighted by Gasteiger charge is 2.14. The number of aromatic nitrogens is 1. The Balaban J connectivity index is 1.93. The first-order valence-corrected chi connectivity index (χ1v) is 9.87. The molecule has 166 valence electrons. The van der Waals surface area contributed by atoms with Gasteiger partial charge in [-0.1, -0.05) is 25.1 Å². The molecule has 10 nitrogen and oxygen atoms in total. The number of carboxylic acid groups (broad SMARTS) is 2. The lowest BCUT2D eigenvalue weighted by atomic mass is 10.1. The van der Waals surface area contributed by atoms with Gasteiger partial charge in [0.1, 0.15) is 5.69 Å². The molecule has 1 aromatic heterocycles. The minimum atomic E-state index is -1.13. The lowest BCUT2D eigenvalue weighted by Crippen LogP contribution is -2.38. The van der Waals surface area contributed by atoms with Crippen LogP contribution in [0.2, 0.25) is 0 Å². The maximum atomic E-state index is 11.3. The lowest BCUT2D eigenvalue weighted by Gasteiger charge is -2.26. The number of carbonyl (C=O) groups is 2. The van der Waals surface area contributed by atoms with Gasteiger partial charge in [0.25, 0.3) is 5.69 Å². The van der Waals surface area contributed by atoms with Crippen molar-refractivity contribution < 1.29 is 24.7 Å². The zero-order valence-corrected chi connectivity index (χ0v) is 17.3. The van der Waals surface area contributed by atoms with E-state index in [9.17, 15) is 24.8 Å². The van der Waals surface area contributed by atoms with E-state index in [0.29, 0.717) is 25.2 Å². The molecule has 0 saturated heterocycles. The largest absolute Gasteiger partial charge is 0.480 e. The summed E-state index contributed by atoms with van der Waals surface area (Å²) in [4.78, 5) is 40.6. The first kappa shape index (κ1) is 23.9. The molecule has 2 rings (SSSR count). The summed E-state index contributed by atoms with van der Waals surface area (Å²) < 4.78 is 0. The van der Waals surface area contributed by atoms with Gasteiger partial charge in [-0.15, -0.1) is 0 Å². The van der Waals surface area contributed by atoms with Gasteiger partial charge in [0.2, 0.25) is 0 Å². The fourth-order valence-electron chi connectivity index (χ4n) is 3.10. The Kier molecular flexibility index (Phi) is 9.04. The molecule has 2 N–H and O–H groups in total. The number of aliphatic carboxylic acids is 1. The second-order valence-corrected chi connectivity index (χ2v) is 7.03. The summed E-state index contributed by atoms with van der Waals surface area (Å²) in [6.45, 7) is 4.64. The van der Waals surface area contributed by atoms with E-state index in [1.165, 1.54) is 18.2 Å². The van der Waals surface area contributed by atoms with E-state index < -0.39 is 16.9 Å². The molecular formula is C21H26N4O6. The summed E-state index contributed by atoms with van der Waals surface area (Å²) in [5.74, 6) is -2.10. The van der Waals surface area contributed by atoms with Crippen LogP contribution in [0.1, 0.15) is 28.7 Å². The molecule has 1 aromatic carbocycles. The molecule has 0 bridgehead atoms. The maximum absolute atomic E-state index is 11.3. The predicted molar refractivity (Wildman–Crippen MR) is 113 cm³/mol. The third-order valence-electron chi connectivity index (χ3n) is 4.81. The number of aromatic carboxylic acids is 1. The molecule has 0 radical (unpaired) electrons. The van der Waals surface area contributed by atoms with Gasteiger partial charge in [0.05, 0.1) is 17.2 Å². The summed E-state index contributed by atoms with van der Waals surface area (Å²) in [6, 6.07) is 11.1. The Morgan fingerprint density at radius 1 is 1.03 bits per heavy atom. The topological polar surface area (TPSA) is 137 Å². The average molecular weight is 430 g/mol. The van der Waals surface area contributed by atoms with Crippen LogP contribution >= 0.6 is 0 Å². The van der Waals surface area contributed by atoms with Crippen molar-refractivity contribution >= 4 is 17.6 Å². The molecule has 0 aliphatic heterocycles. The number of non-ortho nitro benzene ring substituents is 1. The first-order valence-electron chi connectivity index (χ1n) is 9.87. The van der Waals surface area contributed by atoms with Gasteiger partial charge in [-0.25, -0.2) is 9.78 Å². The van der Waals surface area contributed by atoms with Gasteiger partial charge in [0.15, 0.2) is 0 Å². The molecular weight excluding hydrogens is 404 g/mol. The molecule has 0 spiro atoms. The van der Waals surface area contributed by atoms with Crippen LogP contribution in [-0.4, -0.2) is 74.6 Å². The quantitative estimate of drug-likeness (QED) is 0.361. The molecule has 2 aromatic rings. The minimum absolute atomic E-state index is 0.0565. The van der Waals surface area contributed by atoms with Gasteiger partial charge in [0, 0.05) is 38.3 Å². The number of nitrogens with zero attached hydrogens (tertiary/aromatic N) is 4. The zero-order chi connectivity index (χ0) is 22.8. The Morgan fingerprint density at radius 2 is 1.71 bits per heavy atom. The van der Waals surface area contributed by atoms with Crippen LogP contribution in [0.5, 0.6) is 0 Å². The fourth-order valence-corrected chi connectivity index (χ4v) is 3.10. The second kappa shape index (κ2) is 11.7. The molecule has 31 heavy (non-hydrogen) atoms. The molecule has 0 aliphatic rings. The number of carboxylic acids is 2. The molecule has 0 atom stereocenters. The van der Waals surface area contributed by atoms with Crippen molar-refractivity contribution in [1.29, 1.82) is 0 Å². The van der Waals surface area contributed by atoms with Crippen LogP contribution in [0, 0.1) is 10.1 Å². The average Bonchev–Trinajstić information content (AvgIpc) is 2.73. The summed E-state index contributed by atoms with van der Waals surface area (Å²) in [7, 11) is 0. The SMILES string of the molecule is CCN(CCc1ccc([N+](=O)[O-])cc1)CCN(CC(=O)O)Cc1cccc(C(=O)O)n1. The zero-order valence-electron chi connectivity index (χ0n) is 17.3. The predicted octanol–water partition coefficient (Wildman–Crippen LogP) is 2.14. The Hall–Kier alpha value is -3.37. The first-order chi connectivity index (χ1) is 14.8. The Bertz CT molecular complexity index is 903. The number of rotatable bonds is 13. The van der Waals surface area contributed by atoms with Crippen molar-refractivity contribution in [3.8, 4) is 0 Å². The van der Waals surface area contributed by atoms with Gasteiger partial charge in [-0.2, -0.15) is 0 Å². The number of benzene rings is 1. The van der Waals surface area contributed by atoms with Crippen LogP contribution in [0.25, 0.3) is 0 Å². The third kappa shape index (κ3) is 8.11. The van der Waals surface area contributed by atoms with Crippen molar-refractivity contribution in [2.75, 3.05) is 32.7 Å². The van der Waals surface area contributed by atoms with Crippen molar-refractivity contribution in [2.24, 2.45) is 0 Å². The Labute approximate surface area is 179 Å². The molecule has 0 amide bonds. The normalized spacial score (nSPS) is 11.1. The summed E-state index contributed by atoms with van der Waals surface area (Å²) in [5, 5.41) is 29.1. The van der Waals surface area contributed by atoms with Gasteiger partial charge in [-0.05, 0) is 30.7 Å². The number of likely N-dealkylation sites (N-methyl/N-ethyl adjacent to an activating group) is 1. The van der Waals surface area contributed by atoms with Crippen molar-refractivity contribution in [3.63, 3.8) is 0 Å². The number of nitro benzene ring substituents is 1. The van der Waals surface area contributed by atoms with Gasteiger partial charge < -0.3 is 15.1 Å². The maximum Gasteiger partial charge on any atom is 0.354 e. The van der Waals surface area contributed by atoms with E-state index in [1.807, 2.05) is 6.92 Å². The standard InChI is InChI=1S/C21H26N4O6/c1-2-23(11-10-16-6-8-18(9-7-16)25(30)31)12-13-24(15-20(26)27)14-17-4-3-5-19(22-17)21(28)29/h3-9H,2,10-15H2,1H3,(H,26,27)(H,28,29). The molecule has 10 heteroatoms. The minimum Gasteiger partial charge on any atom is -0.480 e. The molecule has 1 heterocycles. The van der Waals surface area contributed by atoms with E-state index in [0.717, 1.165) is 18.7 Å². The number of nitro groups is 1. The van der Waals surface area contributed by atoms with Crippen LogP contribution in [0.4, 0.5) is 5.69 Å². The van der Waals surface area contributed by atoms with Crippen LogP contribution in [-0.2, 0) is 17.8 Å². The van der Waals surface area contributed by atoms with Crippen LogP contribution in [0.3, 0.4) is 0 Å². The van der Waals surface area contributed by atoms with Crippen molar-refractivity contribution in [1.82, 2.24) is 14.8 Å². The summed E-state index contributed by atoms with van der Waals surface area (Å²) >= 11 is 0. The molecule has 0 saturated carbocycles. The van der Waals surface area contributed by atoms with Gasteiger partial charge >= 0.3 is 11.9 Å². The number of hydrogen-bond acceptors (Lipinski definition) is 7. The van der Waals surface area contributed by atoms with E-state index in [1.54, 1.807) is 29.2 Å². The second-order valence-electron chi connectivity index (χ2n) is 7.03. The fraction of sp³-hybridized carbons (Fsp3) is 0.381. The summed E-state index contributed by atoms with van der Waals surface area (Å²) in [6.07, 6.45) is 0.715. The highest BCUT2D eigenvalue weighted by molar-refractivity contribution is 5.85. The molecule has 0 fully saturated rings. The Morgan fingerprint density at radius 3 is 2.29 bits per heavy atom. The monoisotopic (exact) mass is 430 g/mol. The van der Waals surface area contributed by atoms with E-state index in [2.05, 4.69) is 9.88 Å². The van der Waals surface area contributed by atoms with E-state index >= 15 is 0 Å². The molecule has 0 unspecified atom stereocenters. The summed E-state index contributed by atoms with van der Waals surface area (Å²) in [5.41, 5.74) is 1.46. The molecule has 0 aliphatic carbocycles. The smallest absolute Gasteiger partial charge is 0.354 e. The lowest BCUT2D eigenvalue weighted by molar-refractivity contribution is -0.384. The highest BCUT2D eigenvalue weighted by Crippen LogP contribution is 2.12. The highest BCUT2D eigenvalue weighted by atomic mass is 16.6. The van der Waals surface area contributed by atoms with Crippen molar-refractivity contribution in [2.45, 2.75) is 19.9 Å². The van der Waals surface area contributed by atoms with E-state index in [4.69, 9.17) is 5.11 Å². The number of hydrogen-bond donors (Lipinski definition) is 2. The van der Waals surface area contributed by atoms with Crippen LogP contribution < -0.4 is 0 Å². The third-order valence-corrected chi connectivity index (χ3v) is 4.81. The van der Waals surface area contributed by atoms with Crippen LogP contribution in [0.15, 0.2) is 42.5 Å². The van der Waals surface area contributed by atoms with Gasteiger partial charge in [-0.3, -0.25) is 19.8 Å². The van der Waals surface area contributed by atoms with Crippen molar-refractivity contribution in [3.05, 3.63) is 69.5 Å². The van der Waals surface area contributed by atoms with E-state index in [-0.39, 0.29) is 24.5 Å². The number of pyridine rings is 1.